The zero-order chi connectivity index (χ0) is 9.57. The molecule has 0 saturated carbocycles. The molecule has 13 heavy (non-hydrogen) atoms. The first-order chi connectivity index (χ1) is 6.27. The summed E-state index contributed by atoms with van der Waals surface area (Å²) in [5, 5.41) is 3.37. The van der Waals surface area contributed by atoms with E-state index in [2.05, 4.69) is 24.1 Å². The predicted octanol–water partition coefficient (Wildman–Crippen LogP) is 1.42. The fraction of sp³-hybridized carbons (Fsp3) is 0.818. The fourth-order valence-electron chi connectivity index (χ4n) is 1.56. The number of hydrogen-bond donors (Lipinski definition) is 1. The van der Waals surface area contributed by atoms with Crippen LogP contribution in [0.5, 0.6) is 0 Å². The smallest absolute Gasteiger partial charge is 0.0576 e. The van der Waals surface area contributed by atoms with Gasteiger partial charge in [0.1, 0.15) is 0 Å². The molecular formula is C11H19NO. The summed E-state index contributed by atoms with van der Waals surface area (Å²) in [7, 11) is 0. The molecule has 0 unspecified atom stereocenters. The first kappa shape index (κ1) is 10.6. The highest BCUT2D eigenvalue weighted by atomic mass is 16.5. The molecule has 0 radical (unpaired) electrons. The fourth-order valence-corrected chi connectivity index (χ4v) is 1.56. The lowest BCUT2D eigenvalue weighted by Gasteiger charge is -2.33. The van der Waals surface area contributed by atoms with Crippen molar-refractivity contribution in [3.8, 4) is 11.8 Å². The highest BCUT2D eigenvalue weighted by Crippen LogP contribution is 2.28. The van der Waals surface area contributed by atoms with Crippen molar-refractivity contribution in [3.63, 3.8) is 0 Å². The van der Waals surface area contributed by atoms with Gasteiger partial charge in [0.2, 0.25) is 0 Å². The minimum absolute atomic E-state index is 0.424. The summed E-state index contributed by atoms with van der Waals surface area (Å²) in [6, 6.07) is 0. The largest absolute Gasteiger partial charge is 0.381 e. The van der Waals surface area contributed by atoms with Gasteiger partial charge in [-0.25, -0.2) is 0 Å². The van der Waals surface area contributed by atoms with Crippen LogP contribution in [-0.4, -0.2) is 26.3 Å². The molecule has 0 amide bonds. The SMILES string of the molecule is CC#CCNCC1(C)CCOCC1. The van der Waals surface area contributed by atoms with Crippen LogP contribution in [0.1, 0.15) is 26.7 Å². The highest BCUT2D eigenvalue weighted by molar-refractivity contribution is 4.97. The Morgan fingerprint density at radius 1 is 1.38 bits per heavy atom. The van der Waals surface area contributed by atoms with Gasteiger partial charge in [0, 0.05) is 19.8 Å². The first-order valence-corrected chi connectivity index (χ1v) is 4.95. The lowest BCUT2D eigenvalue weighted by atomic mass is 9.82. The van der Waals surface area contributed by atoms with Gasteiger partial charge in [-0.05, 0) is 25.2 Å². The van der Waals surface area contributed by atoms with Gasteiger partial charge in [0.25, 0.3) is 0 Å². The van der Waals surface area contributed by atoms with Crippen molar-refractivity contribution in [2.24, 2.45) is 5.41 Å². The Bertz CT molecular complexity index is 196. The molecule has 0 atom stereocenters. The standard InChI is InChI=1S/C11H19NO/c1-3-4-7-12-10-11(2)5-8-13-9-6-11/h12H,5-10H2,1-2H3. The van der Waals surface area contributed by atoms with Crippen LogP contribution in [-0.2, 0) is 4.74 Å². The van der Waals surface area contributed by atoms with Gasteiger partial charge >= 0.3 is 0 Å². The number of ether oxygens (including phenoxy) is 1. The van der Waals surface area contributed by atoms with E-state index >= 15 is 0 Å². The number of rotatable bonds is 3. The van der Waals surface area contributed by atoms with Crippen LogP contribution in [0, 0.1) is 17.3 Å². The third-order valence-electron chi connectivity index (χ3n) is 2.64. The minimum Gasteiger partial charge on any atom is -0.381 e. The average Bonchev–Trinajstić information content (AvgIpc) is 2.14. The minimum atomic E-state index is 0.424. The molecule has 1 aliphatic rings. The van der Waals surface area contributed by atoms with E-state index in [1.807, 2.05) is 6.92 Å². The van der Waals surface area contributed by atoms with Gasteiger partial charge in [-0.15, -0.1) is 5.92 Å². The van der Waals surface area contributed by atoms with E-state index in [-0.39, 0.29) is 0 Å². The molecule has 0 aliphatic carbocycles. The van der Waals surface area contributed by atoms with Gasteiger partial charge < -0.3 is 10.1 Å². The Hall–Kier alpha value is -0.520. The van der Waals surface area contributed by atoms with Gasteiger partial charge in [0.15, 0.2) is 0 Å². The van der Waals surface area contributed by atoms with Crippen LogP contribution in [0.2, 0.25) is 0 Å². The molecule has 2 nitrogen and oxygen atoms in total. The zero-order valence-corrected chi connectivity index (χ0v) is 8.65. The molecule has 1 heterocycles. The molecule has 1 rings (SSSR count). The number of hydrogen-bond acceptors (Lipinski definition) is 2. The van der Waals surface area contributed by atoms with Crippen molar-refractivity contribution in [3.05, 3.63) is 0 Å². The summed E-state index contributed by atoms with van der Waals surface area (Å²) in [6.45, 7) is 7.90. The van der Waals surface area contributed by atoms with Crippen LogP contribution < -0.4 is 5.32 Å². The van der Waals surface area contributed by atoms with Crippen LogP contribution in [0.3, 0.4) is 0 Å². The molecule has 0 bridgehead atoms. The van der Waals surface area contributed by atoms with E-state index in [1.54, 1.807) is 0 Å². The van der Waals surface area contributed by atoms with E-state index in [4.69, 9.17) is 4.74 Å². The molecular weight excluding hydrogens is 162 g/mol. The van der Waals surface area contributed by atoms with Crippen LogP contribution in [0.4, 0.5) is 0 Å². The second kappa shape index (κ2) is 5.26. The molecule has 1 saturated heterocycles. The molecule has 0 aromatic carbocycles. The molecule has 0 aromatic heterocycles. The summed E-state index contributed by atoms with van der Waals surface area (Å²) in [4.78, 5) is 0. The quantitative estimate of drug-likeness (QED) is 0.525. The average molecular weight is 181 g/mol. The predicted molar refractivity (Wildman–Crippen MR) is 54.5 cm³/mol. The van der Waals surface area contributed by atoms with Gasteiger partial charge in [0.05, 0.1) is 6.54 Å². The Balaban J connectivity index is 2.19. The second-order valence-corrected chi connectivity index (χ2v) is 3.95. The normalized spacial score (nSPS) is 20.5. The lowest BCUT2D eigenvalue weighted by Crippen LogP contribution is -2.36. The molecule has 1 N–H and O–H groups in total. The zero-order valence-electron chi connectivity index (χ0n) is 8.65. The lowest BCUT2D eigenvalue weighted by molar-refractivity contribution is 0.0246. The summed E-state index contributed by atoms with van der Waals surface area (Å²) in [6.07, 6.45) is 2.33. The molecule has 1 fully saturated rings. The van der Waals surface area contributed by atoms with Crippen LogP contribution in [0.25, 0.3) is 0 Å². The molecule has 1 aliphatic heterocycles. The second-order valence-electron chi connectivity index (χ2n) is 3.95. The third-order valence-corrected chi connectivity index (χ3v) is 2.64. The maximum Gasteiger partial charge on any atom is 0.0576 e. The van der Waals surface area contributed by atoms with Gasteiger partial charge in [-0.2, -0.15) is 0 Å². The maximum atomic E-state index is 5.34. The third kappa shape index (κ3) is 3.80. The molecule has 2 heteroatoms. The summed E-state index contributed by atoms with van der Waals surface area (Å²) in [5.41, 5.74) is 0.424. The van der Waals surface area contributed by atoms with Crippen molar-refractivity contribution in [1.29, 1.82) is 0 Å². The van der Waals surface area contributed by atoms with Crippen molar-refractivity contribution in [1.82, 2.24) is 5.32 Å². The number of nitrogens with one attached hydrogen (secondary N) is 1. The van der Waals surface area contributed by atoms with Gasteiger partial charge in [-0.1, -0.05) is 12.8 Å². The van der Waals surface area contributed by atoms with Crippen LogP contribution in [0.15, 0.2) is 0 Å². The van der Waals surface area contributed by atoms with E-state index in [0.29, 0.717) is 5.41 Å². The van der Waals surface area contributed by atoms with E-state index < -0.39 is 0 Å². The Labute approximate surface area is 81.0 Å². The van der Waals surface area contributed by atoms with Crippen molar-refractivity contribution in [2.45, 2.75) is 26.7 Å². The maximum absolute atomic E-state index is 5.34. The Morgan fingerprint density at radius 2 is 2.08 bits per heavy atom. The Morgan fingerprint density at radius 3 is 2.69 bits per heavy atom. The summed E-state index contributed by atoms with van der Waals surface area (Å²) >= 11 is 0. The summed E-state index contributed by atoms with van der Waals surface area (Å²) < 4.78 is 5.34. The first-order valence-electron chi connectivity index (χ1n) is 4.95. The van der Waals surface area contributed by atoms with Crippen molar-refractivity contribution >= 4 is 0 Å². The van der Waals surface area contributed by atoms with Gasteiger partial charge in [-0.3, -0.25) is 0 Å². The van der Waals surface area contributed by atoms with E-state index in [1.165, 1.54) is 12.8 Å². The van der Waals surface area contributed by atoms with E-state index in [9.17, 15) is 0 Å². The molecule has 0 aromatic rings. The monoisotopic (exact) mass is 181 g/mol. The summed E-state index contributed by atoms with van der Waals surface area (Å²) in [5.74, 6) is 5.89. The van der Waals surface area contributed by atoms with E-state index in [0.717, 1.165) is 26.3 Å². The van der Waals surface area contributed by atoms with Crippen molar-refractivity contribution in [2.75, 3.05) is 26.3 Å². The molecule has 0 spiro atoms. The highest BCUT2D eigenvalue weighted by Gasteiger charge is 2.26. The van der Waals surface area contributed by atoms with Crippen molar-refractivity contribution < 1.29 is 4.74 Å². The topological polar surface area (TPSA) is 21.3 Å². The Kier molecular flexibility index (Phi) is 4.27. The molecule has 74 valence electrons. The van der Waals surface area contributed by atoms with Crippen LogP contribution >= 0.6 is 0 Å².